The summed E-state index contributed by atoms with van der Waals surface area (Å²) in [4.78, 5) is 1.43. The van der Waals surface area contributed by atoms with Crippen LogP contribution in [0, 0.1) is 5.82 Å². The van der Waals surface area contributed by atoms with Crippen molar-refractivity contribution in [2.75, 3.05) is 20.1 Å². The molecule has 0 spiro atoms. The number of hydrogen-bond donors (Lipinski definition) is 1. The van der Waals surface area contributed by atoms with Gasteiger partial charge in [0.15, 0.2) is 0 Å². The van der Waals surface area contributed by atoms with Crippen LogP contribution in [-0.2, 0) is 0 Å². The van der Waals surface area contributed by atoms with E-state index < -0.39 is 12.5 Å². The highest BCUT2D eigenvalue weighted by atomic mass is 19.3. The van der Waals surface area contributed by atoms with Crippen LogP contribution in [0.1, 0.15) is 11.6 Å². The van der Waals surface area contributed by atoms with E-state index in [1.807, 2.05) is 0 Å². The van der Waals surface area contributed by atoms with Gasteiger partial charge in [-0.05, 0) is 24.7 Å². The van der Waals surface area contributed by atoms with E-state index in [0.717, 1.165) is 0 Å². The minimum atomic E-state index is -2.38. The van der Waals surface area contributed by atoms with E-state index in [9.17, 15) is 13.2 Å². The number of rotatable bonds is 5. The van der Waals surface area contributed by atoms with E-state index in [2.05, 4.69) is 0 Å². The van der Waals surface area contributed by atoms with E-state index in [0.29, 0.717) is 5.56 Å². The van der Waals surface area contributed by atoms with Gasteiger partial charge in [0.05, 0.1) is 6.54 Å². The Balaban J connectivity index is 2.55. The summed E-state index contributed by atoms with van der Waals surface area (Å²) in [5.41, 5.74) is 6.40. The Labute approximate surface area is 92.9 Å². The molecule has 0 aliphatic heterocycles. The first-order valence-electron chi connectivity index (χ1n) is 4.96. The highest BCUT2D eigenvalue weighted by Gasteiger charge is 2.13. The van der Waals surface area contributed by atoms with Crippen LogP contribution in [0.2, 0.25) is 0 Å². The molecule has 2 nitrogen and oxygen atoms in total. The number of halogens is 3. The van der Waals surface area contributed by atoms with Crippen LogP contribution in [-0.4, -0.2) is 31.5 Å². The van der Waals surface area contributed by atoms with Gasteiger partial charge in [-0.25, -0.2) is 13.2 Å². The Morgan fingerprint density at radius 1 is 1.31 bits per heavy atom. The van der Waals surface area contributed by atoms with Crippen molar-refractivity contribution in [3.8, 4) is 0 Å². The second-order valence-electron chi connectivity index (χ2n) is 3.77. The summed E-state index contributed by atoms with van der Waals surface area (Å²) in [6.45, 7) is -0.0587. The van der Waals surface area contributed by atoms with Crippen LogP contribution < -0.4 is 5.73 Å². The number of alkyl halides is 2. The minimum Gasteiger partial charge on any atom is -0.323 e. The van der Waals surface area contributed by atoms with Crippen LogP contribution in [0.5, 0.6) is 0 Å². The molecule has 0 amide bonds. The predicted octanol–water partition coefficient (Wildman–Crippen LogP) is 2.02. The van der Waals surface area contributed by atoms with Gasteiger partial charge in [-0.1, -0.05) is 12.1 Å². The smallest absolute Gasteiger partial charge is 0.251 e. The molecule has 0 aliphatic carbocycles. The zero-order chi connectivity index (χ0) is 12.1. The average molecular weight is 232 g/mol. The normalized spacial score (nSPS) is 13.4. The SMILES string of the molecule is CN(CC(F)F)CC(N)c1cccc(F)c1. The van der Waals surface area contributed by atoms with E-state index >= 15 is 0 Å². The fourth-order valence-corrected chi connectivity index (χ4v) is 1.49. The van der Waals surface area contributed by atoms with Crippen LogP contribution in [0.15, 0.2) is 24.3 Å². The molecule has 0 aliphatic rings. The van der Waals surface area contributed by atoms with Gasteiger partial charge >= 0.3 is 0 Å². The molecule has 1 aromatic rings. The lowest BCUT2D eigenvalue weighted by Gasteiger charge is -2.21. The van der Waals surface area contributed by atoms with Crippen LogP contribution >= 0.6 is 0 Å². The quantitative estimate of drug-likeness (QED) is 0.841. The first-order chi connectivity index (χ1) is 7.49. The molecule has 0 saturated carbocycles. The zero-order valence-corrected chi connectivity index (χ0v) is 9.04. The van der Waals surface area contributed by atoms with Gasteiger partial charge in [-0.15, -0.1) is 0 Å². The van der Waals surface area contributed by atoms with Crippen LogP contribution in [0.3, 0.4) is 0 Å². The first kappa shape index (κ1) is 13.0. The third-order valence-electron chi connectivity index (χ3n) is 2.23. The minimum absolute atomic E-state index is 0.272. The van der Waals surface area contributed by atoms with Crippen molar-refractivity contribution < 1.29 is 13.2 Å². The van der Waals surface area contributed by atoms with Crippen LogP contribution in [0.25, 0.3) is 0 Å². The maximum atomic E-state index is 12.9. The predicted molar refractivity (Wildman–Crippen MR) is 56.8 cm³/mol. The average Bonchev–Trinajstić information content (AvgIpc) is 2.16. The largest absolute Gasteiger partial charge is 0.323 e. The van der Waals surface area contributed by atoms with Crippen molar-refractivity contribution in [3.05, 3.63) is 35.6 Å². The standard InChI is InChI=1S/C11H15F3N2/c1-16(7-11(13)14)6-10(15)8-3-2-4-9(12)5-8/h2-5,10-11H,6-7,15H2,1H3. The highest BCUT2D eigenvalue weighted by Crippen LogP contribution is 2.13. The summed E-state index contributed by atoms with van der Waals surface area (Å²) in [7, 11) is 1.56. The topological polar surface area (TPSA) is 29.3 Å². The number of hydrogen-bond acceptors (Lipinski definition) is 2. The zero-order valence-electron chi connectivity index (χ0n) is 9.04. The monoisotopic (exact) mass is 232 g/mol. The van der Waals surface area contributed by atoms with E-state index in [1.165, 1.54) is 17.0 Å². The third kappa shape index (κ3) is 4.20. The number of likely N-dealkylation sites (N-methyl/N-ethyl adjacent to an activating group) is 1. The molecule has 1 rings (SSSR count). The summed E-state index contributed by atoms with van der Waals surface area (Å²) in [5, 5.41) is 0. The molecule has 1 unspecified atom stereocenters. The van der Waals surface area contributed by atoms with Crippen molar-refractivity contribution in [1.29, 1.82) is 0 Å². The van der Waals surface area contributed by atoms with Crippen molar-refractivity contribution in [3.63, 3.8) is 0 Å². The lowest BCUT2D eigenvalue weighted by molar-refractivity contribution is 0.0978. The van der Waals surface area contributed by atoms with E-state index in [4.69, 9.17) is 5.73 Å². The second-order valence-corrected chi connectivity index (χ2v) is 3.77. The van der Waals surface area contributed by atoms with Gasteiger partial charge in [0.25, 0.3) is 6.43 Å². The molecule has 0 heterocycles. The summed E-state index contributed by atoms with van der Waals surface area (Å²) in [5.74, 6) is -0.371. The maximum absolute atomic E-state index is 12.9. The molecular formula is C11H15F3N2. The Morgan fingerprint density at radius 3 is 2.56 bits per heavy atom. The summed E-state index contributed by atoms with van der Waals surface area (Å²) >= 11 is 0. The molecule has 0 radical (unpaired) electrons. The van der Waals surface area contributed by atoms with Crippen molar-refractivity contribution in [2.45, 2.75) is 12.5 Å². The van der Waals surface area contributed by atoms with E-state index in [1.54, 1.807) is 19.2 Å². The molecule has 1 atom stereocenters. The molecule has 16 heavy (non-hydrogen) atoms. The Hall–Kier alpha value is -1.07. The van der Waals surface area contributed by atoms with Gasteiger partial charge in [0.1, 0.15) is 5.82 Å². The molecule has 5 heteroatoms. The van der Waals surface area contributed by atoms with Gasteiger partial charge in [-0.3, -0.25) is 4.90 Å². The third-order valence-corrected chi connectivity index (χ3v) is 2.23. The Morgan fingerprint density at radius 2 is 2.00 bits per heavy atom. The molecule has 0 saturated heterocycles. The van der Waals surface area contributed by atoms with Gasteiger partial charge in [-0.2, -0.15) is 0 Å². The summed E-state index contributed by atoms with van der Waals surface area (Å²) in [6, 6.07) is 5.42. The molecule has 1 aromatic carbocycles. The highest BCUT2D eigenvalue weighted by molar-refractivity contribution is 5.20. The van der Waals surface area contributed by atoms with Crippen molar-refractivity contribution in [2.24, 2.45) is 5.73 Å². The van der Waals surface area contributed by atoms with Crippen molar-refractivity contribution in [1.82, 2.24) is 4.90 Å². The number of benzene rings is 1. The molecule has 0 aromatic heterocycles. The van der Waals surface area contributed by atoms with Gasteiger partial charge in [0.2, 0.25) is 0 Å². The number of nitrogens with two attached hydrogens (primary N) is 1. The fraction of sp³-hybridized carbons (Fsp3) is 0.455. The van der Waals surface area contributed by atoms with E-state index in [-0.39, 0.29) is 18.9 Å². The van der Waals surface area contributed by atoms with Gasteiger partial charge in [0, 0.05) is 12.6 Å². The first-order valence-corrected chi connectivity index (χ1v) is 4.96. The molecule has 0 fully saturated rings. The lowest BCUT2D eigenvalue weighted by Crippen LogP contribution is -2.32. The summed E-state index contributed by atoms with van der Waals surface area (Å²) < 4.78 is 37.0. The maximum Gasteiger partial charge on any atom is 0.251 e. The molecule has 2 N–H and O–H groups in total. The fourth-order valence-electron chi connectivity index (χ4n) is 1.49. The lowest BCUT2D eigenvalue weighted by atomic mass is 10.1. The summed E-state index contributed by atoms with van der Waals surface area (Å²) in [6.07, 6.45) is -2.38. The molecule has 0 bridgehead atoms. The second kappa shape index (κ2) is 5.86. The van der Waals surface area contributed by atoms with Crippen LogP contribution in [0.4, 0.5) is 13.2 Å². The number of nitrogens with zero attached hydrogens (tertiary/aromatic N) is 1. The van der Waals surface area contributed by atoms with Crippen molar-refractivity contribution >= 4 is 0 Å². The molecular weight excluding hydrogens is 217 g/mol. The molecule has 90 valence electrons. The van der Waals surface area contributed by atoms with Gasteiger partial charge < -0.3 is 5.73 Å². The Kier molecular flexibility index (Phi) is 4.76. The Bertz CT molecular complexity index is 331.